The number of anilines is 1. The van der Waals surface area contributed by atoms with Crippen LogP contribution in [0.15, 0.2) is 60.7 Å². The standard InChI is InChI=1S/C20H22ClN3S/c21-18-10-4-5-11-19(18)22-20(25)24-15-13-23(14-16-24)12-6-9-17-7-2-1-3-8-17/h1-11H,12-16H2,(H,22,25). The smallest absolute Gasteiger partial charge is 0.173 e. The van der Waals surface area contributed by atoms with E-state index in [1.54, 1.807) is 0 Å². The predicted octanol–water partition coefficient (Wildman–Crippen LogP) is 4.37. The Hall–Kier alpha value is -1.88. The van der Waals surface area contributed by atoms with Gasteiger partial charge in [-0.2, -0.15) is 0 Å². The molecule has 3 rings (SSSR count). The first-order chi connectivity index (χ1) is 12.2. The number of nitrogens with zero attached hydrogens (tertiary/aromatic N) is 2. The molecule has 0 unspecified atom stereocenters. The number of piperazine rings is 1. The van der Waals surface area contributed by atoms with Crippen LogP contribution >= 0.6 is 23.8 Å². The Labute approximate surface area is 159 Å². The van der Waals surface area contributed by atoms with E-state index < -0.39 is 0 Å². The van der Waals surface area contributed by atoms with Gasteiger partial charge in [-0.25, -0.2) is 0 Å². The summed E-state index contributed by atoms with van der Waals surface area (Å²) in [4.78, 5) is 4.64. The largest absolute Gasteiger partial charge is 0.346 e. The molecular formula is C20H22ClN3S. The van der Waals surface area contributed by atoms with Gasteiger partial charge in [0, 0.05) is 32.7 Å². The molecule has 25 heavy (non-hydrogen) atoms. The van der Waals surface area contributed by atoms with Crippen LogP contribution < -0.4 is 5.32 Å². The molecule has 1 aliphatic heterocycles. The van der Waals surface area contributed by atoms with Gasteiger partial charge in [0.1, 0.15) is 0 Å². The summed E-state index contributed by atoms with van der Waals surface area (Å²) in [6.07, 6.45) is 4.40. The number of para-hydroxylation sites is 1. The quantitative estimate of drug-likeness (QED) is 0.804. The number of halogens is 1. The van der Waals surface area contributed by atoms with Crippen LogP contribution in [0.2, 0.25) is 5.02 Å². The number of rotatable bonds is 4. The molecule has 0 aliphatic carbocycles. The summed E-state index contributed by atoms with van der Waals surface area (Å²) in [6.45, 7) is 4.82. The van der Waals surface area contributed by atoms with Crippen LogP contribution in [0, 0.1) is 0 Å². The predicted molar refractivity (Wildman–Crippen MR) is 111 cm³/mol. The van der Waals surface area contributed by atoms with Gasteiger partial charge in [-0.15, -0.1) is 0 Å². The van der Waals surface area contributed by atoms with Crippen molar-refractivity contribution in [3.63, 3.8) is 0 Å². The third-order valence-corrected chi connectivity index (χ3v) is 4.94. The molecule has 1 heterocycles. The Bertz CT molecular complexity index is 725. The molecule has 0 bridgehead atoms. The normalized spacial score (nSPS) is 15.5. The molecule has 0 spiro atoms. The number of benzene rings is 2. The van der Waals surface area contributed by atoms with E-state index in [-0.39, 0.29) is 0 Å². The van der Waals surface area contributed by atoms with Gasteiger partial charge in [-0.1, -0.05) is 66.2 Å². The van der Waals surface area contributed by atoms with E-state index in [2.05, 4.69) is 51.5 Å². The molecule has 130 valence electrons. The van der Waals surface area contributed by atoms with E-state index in [1.807, 2.05) is 30.3 Å². The van der Waals surface area contributed by atoms with Crippen LogP contribution in [-0.2, 0) is 0 Å². The van der Waals surface area contributed by atoms with Gasteiger partial charge in [0.05, 0.1) is 10.7 Å². The highest BCUT2D eigenvalue weighted by Crippen LogP contribution is 2.21. The summed E-state index contributed by atoms with van der Waals surface area (Å²) < 4.78 is 0. The van der Waals surface area contributed by atoms with E-state index >= 15 is 0 Å². The van der Waals surface area contributed by atoms with Crippen LogP contribution in [0.1, 0.15) is 5.56 Å². The first kappa shape index (κ1) is 17.9. The summed E-state index contributed by atoms with van der Waals surface area (Å²) in [6, 6.07) is 18.1. The highest BCUT2D eigenvalue weighted by atomic mass is 35.5. The third kappa shape index (κ3) is 5.30. The Morgan fingerprint density at radius 2 is 1.68 bits per heavy atom. The summed E-state index contributed by atoms with van der Waals surface area (Å²) in [5.74, 6) is 0. The Kier molecular flexibility index (Phi) is 6.45. The van der Waals surface area contributed by atoms with Gasteiger partial charge < -0.3 is 10.2 Å². The van der Waals surface area contributed by atoms with Crippen LogP contribution in [0.4, 0.5) is 5.69 Å². The van der Waals surface area contributed by atoms with Crippen molar-refractivity contribution >= 4 is 40.7 Å². The summed E-state index contributed by atoms with van der Waals surface area (Å²) in [5, 5.41) is 4.68. The van der Waals surface area contributed by atoms with E-state index in [1.165, 1.54) is 5.56 Å². The fourth-order valence-corrected chi connectivity index (χ4v) is 3.27. The lowest BCUT2D eigenvalue weighted by molar-refractivity contribution is 0.200. The molecule has 5 heteroatoms. The van der Waals surface area contributed by atoms with E-state index in [4.69, 9.17) is 23.8 Å². The minimum Gasteiger partial charge on any atom is -0.346 e. The SMILES string of the molecule is S=C(Nc1ccccc1Cl)N1CCN(CC=Cc2ccccc2)CC1. The number of hydrogen-bond acceptors (Lipinski definition) is 2. The fourth-order valence-electron chi connectivity index (χ4n) is 2.79. The van der Waals surface area contributed by atoms with Gasteiger partial charge in [0.15, 0.2) is 5.11 Å². The second-order valence-corrected chi connectivity index (χ2v) is 6.80. The minimum absolute atomic E-state index is 0.689. The molecule has 0 atom stereocenters. The van der Waals surface area contributed by atoms with Crippen molar-refractivity contribution in [2.75, 3.05) is 38.0 Å². The fraction of sp³-hybridized carbons (Fsp3) is 0.250. The van der Waals surface area contributed by atoms with Crippen molar-refractivity contribution in [1.29, 1.82) is 0 Å². The molecular weight excluding hydrogens is 350 g/mol. The van der Waals surface area contributed by atoms with E-state index in [0.29, 0.717) is 5.02 Å². The van der Waals surface area contributed by atoms with Crippen molar-refractivity contribution in [2.45, 2.75) is 0 Å². The third-order valence-electron chi connectivity index (χ3n) is 4.25. The molecule has 1 saturated heterocycles. The van der Waals surface area contributed by atoms with Crippen LogP contribution in [0.5, 0.6) is 0 Å². The molecule has 0 radical (unpaired) electrons. The molecule has 2 aromatic carbocycles. The molecule has 2 aromatic rings. The maximum atomic E-state index is 6.18. The van der Waals surface area contributed by atoms with Gasteiger partial charge in [-0.3, -0.25) is 4.90 Å². The molecule has 0 aromatic heterocycles. The van der Waals surface area contributed by atoms with Crippen molar-refractivity contribution in [3.05, 3.63) is 71.3 Å². The van der Waals surface area contributed by atoms with E-state index in [0.717, 1.165) is 43.5 Å². The first-order valence-corrected chi connectivity index (χ1v) is 9.25. The Morgan fingerprint density at radius 3 is 2.40 bits per heavy atom. The number of nitrogens with one attached hydrogen (secondary N) is 1. The van der Waals surface area contributed by atoms with Gasteiger partial charge in [0.25, 0.3) is 0 Å². The second kappa shape index (κ2) is 8.99. The maximum absolute atomic E-state index is 6.18. The molecule has 1 fully saturated rings. The summed E-state index contributed by atoms with van der Waals surface area (Å²) >= 11 is 11.7. The maximum Gasteiger partial charge on any atom is 0.173 e. The minimum atomic E-state index is 0.689. The van der Waals surface area contributed by atoms with Crippen LogP contribution in [0.25, 0.3) is 6.08 Å². The summed E-state index contributed by atoms with van der Waals surface area (Å²) in [7, 11) is 0. The molecule has 1 aliphatic rings. The topological polar surface area (TPSA) is 18.5 Å². The highest BCUT2D eigenvalue weighted by Gasteiger charge is 2.18. The van der Waals surface area contributed by atoms with Gasteiger partial charge >= 0.3 is 0 Å². The van der Waals surface area contributed by atoms with Crippen molar-refractivity contribution in [3.8, 4) is 0 Å². The molecule has 0 saturated carbocycles. The second-order valence-electron chi connectivity index (χ2n) is 6.01. The highest BCUT2D eigenvalue weighted by molar-refractivity contribution is 7.80. The van der Waals surface area contributed by atoms with Gasteiger partial charge in [0.2, 0.25) is 0 Å². The summed E-state index contributed by atoms with van der Waals surface area (Å²) in [5.41, 5.74) is 2.11. The lowest BCUT2D eigenvalue weighted by Gasteiger charge is -2.35. The lowest BCUT2D eigenvalue weighted by Crippen LogP contribution is -2.49. The molecule has 0 amide bonds. The zero-order valence-corrected chi connectivity index (χ0v) is 15.6. The Morgan fingerprint density at radius 1 is 1.00 bits per heavy atom. The van der Waals surface area contributed by atoms with Crippen molar-refractivity contribution in [1.82, 2.24) is 9.80 Å². The zero-order valence-electron chi connectivity index (χ0n) is 14.1. The van der Waals surface area contributed by atoms with Crippen molar-refractivity contribution in [2.24, 2.45) is 0 Å². The monoisotopic (exact) mass is 371 g/mol. The van der Waals surface area contributed by atoms with Gasteiger partial charge in [-0.05, 0) is 29.9 Å². The molecule has 1 N–H and O–H groups in total. The van der Waals surface area contributed by atoms with Crippen LogP contribution in [0.3, 0.4) is 0 Å². The number of hydrogen-bond donors (Lipinski definition) is 1. The average molecular weight is 372 g/mol. The van der Waals surface area contributed by atoms with Crippen molar-refractivity contribution < 1.29 is 0 Å². The van der Waals surface area contributed by atoms with Crippen LogP contribution in [-0.4, -0.2) is 47.6 Å². The average Bonchev–Trinajstić information content (AvgIpc) is 2.65. The Balaban J connectivity index is 1.44. The first-order valence-electron chi connectivity index (χ1n) is 8.47. The number of thiocarbonyl (C=S) groups is 1. The zero-order chi connectivity index (χ0) is 17.5. The molecule has 3 nitrogen and oxygen atoms in total. The lowest BCUT2D eigenvalue weighted by atomic mass is 10.2. The van der Waals surface area contributed by atoms with E-state index in [9.17, 15) is 0 Å².